The van der Waals surface area contributed by atoms with E-state index in [1.165, 1.54) is 23.7 Å². The average molecular weight is 535 g/mol. The third-order valence-corrected chi connectivity index (χ3v) is 7.76. The zero-order valence-electron chi connectivity index (χ0n) is 20.8. The van der Waals surface area contributed by atoms with Gasteiger partial charge in [-0.15, -0.1) is 11.3 Å². The molecule has 2 N–H and O–H groups in total. The molecule has 0 spiro atoms. The number of carbonyl (C=O) groups is 1. The van der Waals surface area contributed by atoms with Crippen LogP contribution >= 0.6 is 11.3 Å². The molecule has 12 heteroatoms. The van der Waals surface area contributed by atoms with E-state index in [0.717, 1.165) is 17.8 Å². The first-order chi connectivity index (χ1) is 18.3. The van der Waals surface area contributed by atoms with Crippen molar-refractivity contribution in [1.29, 1.82) is 0 Å². The molecule has 4 aromatic rings. The highest BCUT2D eigenvalue weighted by Crippen LogP contribution is 2.44. The minimum Gasteiger partial charge on any atom is -0.383 e. The molecule has 4 heterocycles. The number of thiazole rings is 1. The molecule has 9 nitrogen and oxygen atoms in total. The fraction of sp³-hybridized carbons (Fsp3) is 0.346. The number of hydrogen-bond acceptors (Lipinski definition) is 8. The number of halogens is 2. The van der Waals surface area contributed by atoms with Gasteiger partial charge in [0, 0.05) is 31.6 Å². The molecule has 3 aromatic heterocycles. The summed E-state index contributed by atoms with van der Waals surface area (Å²) in [6.07, 6.45) is 6.75. The first-order valence-electron chi connectivity index (χ1n) is 12.2. The van der Waals surface area contributed by atoms with Crippen LogP contribution in [0.3, 0.4) is 0 Å². The van der Waals surface area contributed by atoms with Gasteiger partial charge in [0.2, 0.25) is 5.91 Å². The molecule has 2 fully saturated rings. The lowest BCUT2D eigenvalue weighted by Gasteiger charge is -2.38. The number of anilines is 1. The van der Waals surface area contributed by atoms with Crippen LogP contribution in [0, 0.1) is 23.5 Å². The zero-order chi connectivity index (χ0) is 26.6. The van der Waals surface area contributed by atoms with Crippen LogP contribution in [0.25, 0.3) is 21.3 Å². The third kappa shape index (κ3) is 4.37. The third-order valence-electron chi connectivity index (χ3n) is 6.60. The molecule has 0 radical (unpaired) electrons. The van der Waals surface area contributed by atoms with Gasteiger partial charge in [-0.05, 0) is 38.9 Å². The topological polar surface area (TPSA) is 106 Å². The molecule has 0 atom stereocenters. The van der Waals surface area contributed by atoms with Gasteiger partial charge in [0.25, 0.3) is 0 Å². The number of nitrogens with zero attached hydrogens (tertiary/aromatic N) is 7. The number of fused-ring (bicyclic) bond motifs is 2. The van der Waals surface area contributed by atoms with Crippen LogP contribution in [0.2, 0.25) is 0 Å². The molecule has 1 aliphatic carbocycles. The van der Waals surface area contributed by atoms with Crippen molar-refractivity contribution in [3.8, 4) is 11.8 Å². The van der Waals surface area contributed by atoms with E-state index in [1.54, 1.807) is 15.7 Å². The second kappa shape index (κ2) is 9.41. The van der Waals surface area contributed by atoms with Gasteiger partial charge in [-0.2, -0.15) is 5.10 Å². The van der Waals surface area contributed by atoms with E-state index in [4.69, 9.17) is 5.73 Å². The maximum Gasteiger partial charge on any atom is 0.246 e. The van der Waals surface area contributed by atoms with Gasteiger partial charge in [0.05, 0.1) is 26.7 Å². The van der Waals surface area contributed by atoms with E-state index in [9.17, 15) is 9.18 Å². The average Bonchev–Trinajstić information content (AvgIpc) is 3.50. The van der Waals surface area contributed by atoms with Gasteiger partial charge < -0.3 is 15.5 Å². The highest BCUT2D eigenvalue weighted by molar-refractivity contribution is 7.18. The van der Waals surface area contributed by atoms with Crippen LogP contribution in [0.15, 0.2) is 24.5 Å². The second-order valence-electron chi connectivity index (χ2n) is 9.78. The molecule has 38 heavy (non-hydrogen) atoms. The fourth-order valence-electron chi connectivity index (χ4n) is 4.35. The first-order valence-corrected chi connectivity index (χ1v) is 13.0. The first kappa shape index (κ1) is 24.4. The summed E-state index contributed by atoms with van der Waals surface area (Å²) in [5, 5.41) is 5.80. The van der Waals surface area contributed by atoms with Crippen molar-refractivity contribution in [2.75, 3.05) is 39.5 Å². The second-order valence-corrected chi connectivity index (χ2v) is 10.8. The lowest BCUT2D eigenvalue weighted by molar-refractivity contribution is -0.131. The van der Waals surface area contributed by atoms with Gasteiger partial charge >= 0.3 is 0 Å². The summed E-state index contributed by atoms with van der Waals surface area (Å²) in [5.41, 5.74) is 6.55. The Morgan fingerprint density at radius 1 is 1.26 bits per heavy atom. The maximum atomic E-state index is 15.3. The standard InChI is InChI=1S/C26H24F2N8OS/c1-34(2)9-3-4-20(37)35-11-15(12-35)36-25-21(24(29)30-13-31-25)18(33-36)8-7-16-17(27)10-19-23(22(16)28)32-26(38-19)14-5-6-14/h3-4,10,13-15H,5-6,9,11-12H2,1-2H3,(H2,29,30,31)/b4-3+. The number of likely N-dealkylation sites (N-methyl/N-ethyl adjacent to an activating group) is 1. The summed E-state index contributed by atoms with van der Waals surface area (Å²) in [6.45, 7) is 1.54. The molecule has 1 amide bonds. The maximum absolute atomic E-state index is 15.3. The number of aromatic nitrogens is 5. The quantitative estimate of drug-likeness (QED) is 0.310. The summed E-state index contributed by atoms with van der Waals surface area (Å²) in [7, 11) is 3.85. The highest BCUT2D eigenvalue weighted by Gasteiger charge is 2.34. The number of nitrogen functional groups attached to an aromatic ring is 1. The van der Waals surface area contributed by atoms with Crippen LogP contribution in [-0.2, 0) is 4.79 Å². The van der Waals surface area contributed by atoms with Gasteiger partial charge in [0.15, 0.2) is 11.5 Å². The Morgan fingerprint density at radius 3 is 2.79 bits per heavy atom. The summed E-state index contributed by atoms with van der Waals surface area (Å²) in [5.74, 6) is 4.29. The van der Waals surface area contributed by atoms with Crippen molar-refractivity contribution in [3.05, 3.63) is 52.4 Å². The van der Waals surface area contributed by atoms with E-state index in [-0.39, 0.29) is 34.5 Å². The van der Waals surface area contributed by atoms with Crippen LogP contribution in [0.4, 0.5) is 14.6 Å². The molecule has 0 bridgehead atoms. The van der Waals surface area contributed by atoms with Crippen LogP contribution < -0.4 is 5.73 Å². The Labute approximate surface area is 221 Å². The van der Waals surface area contributed by atoms with E-state index >= 15 is 4.39 Å². The largest absolute Gasteiger partial charge is 0.383 e. The molecule has 1 saturated heterocycles. The summed E-state index contributed by atoms with van der Waals surface area (Å²) in [4.78, 5) is 28.8. The van der Waals surface area contributed by atoms with Crippen molar-refractivity contribution < 1.29 is 13.6 Å². The van der Waals surface area contributed by atoms with E-state index in [1.807, 2.05) is 25.1 Å². The van der Waals surface area contributed by atoms with E-state index < -0.39 is 11.6 Å². The number of benzene rings is 1. The normalized spacial score (nSPS) is 16.0. The van der Waals surface area contributed by atoms with Crippen LogP contribution in [0.5, 0.6) is 0 Å². The molecule has 194 valence electrons. The smallest absolute Gasteiger partial charge is 0.246 e. The molecule has 1 saturated carbocycles. The van der Waals surface area contributed by atoms with Crippen LogP contribution in [0.1, 0.15) is 41.1 Å². The summed E-state index contributed by atoms with van der Waals surface area (Å²) in [6, 6.07) is 1.14. The number of amides is 1. The van der Waals surface area contributed by atoms with E-state index in [0.29, 0.717) is 41.3 Å². The molecule has 2 aliphatic rings. The molecule has 1 aliphatic heterocycles. The Kier molecular flexibility index (Phi) is 6.04. The van der Waals surface area contributed by atoms with Gasteiger partial charge in [0.1, 0.15) is 29.2 Å². The van der Waals surface area contributed by atoms with Gasteiger partial charge in [-0.1, -0.05) is 12.0 Å². The fourth-order valence-corrected chi connectivity index (χ4v) is 5.51. The summed E-state index contributed by atoms with van der Waals surface area (Å²) >= 11 is 1.32. The Hall–Kier alpha value is -3.95. The highest BCUT2D eigenvalue weighted by atomic mass is 32.1. The monoisotopic (exact) mass is 534 g/mol. The van der Waals surface area contributed by atoms with Crippen molar-refractivity contribution in [1.82, 2.24) is 34.5 Å². The molecular formula is C26H24F2N8OS. The number of rotatable bonds is 5. The summed E-state index contributed by atoms with van der Waals surface area (Å²) < 4.78 is 32.2. The Bertz CT molecular complexity index is 1670. The minimum absolute atomic E-state index is 0.0815. The number of hydrogen-bond donors (Lipinski definition) is 1. The molecule has 0 unspecified atom stereocenters. The molecule has 6 rings (SSSR count). The van der Waals surface area contributed by atoms with E-state index in [2.05, 4.69) is 31.9 Å². The number of nitrogens with two attached hydrogens (primary N) is 1. The van der Waals surface area contributed by atoms with Crippen molar-refractivity contribution in [3.63, 3.8) is 0 Å². The lowest BCUT2D eigenvalue weighted by Crippen LogP contribution is -2.50. The molecule has 1 aromatic carbocycles. The number of carbonyl (C=O) groups excluding carboxylic acids is 1. The van der Waals surface area contributed by atoms with Crippen LogP contribution in [-0.4, -0.2) is 74.2 Å². The SMILES string of the molecule is CN(C)C/C=C/C(=O)N1CC(n2nc(C#Cc3c(F)cc4sc(C5CC5)nc4c3F)c3c(N)ncnc32)C1. The van der Waals surface area contributed by atoms with Gasteiger partial charge in [-0.3, -0.25) is 4.79 Å². The Balaban J connectivity index is 1.30. The van der Waals surface area contributed by atoms with Crippen molar-refractivity contribution in [2.24, 2.45) is 0 Å². The predicted molar refractivity (Wildman–Crippen MR) is 141 cm³/mol. The van der Waals surface area contributed by atoms with Crippen molar-refractivity contribution >= 4 is 44.3 Å². The van der Waals surface area contributed by atoms with Crippen molar-refractivity contribution in [2.45, 2.75) is 24.8 Å². The lowest BCUT2D eigenvalue weighted by atomic mass is 10.1. The Morgan fingerprint density at radius 2 is 2.05 bits per heavy atom. The predicted octanol–water partition coefficient (Wildman–Crippen LogP) is 3.07. The zero-order valence-corrected chi connectivity index (χ0v) is 21.6. The number of likely N-dealkylation sites (tertiary alicyclic amines) is 1. The minimum atomic E-state index is -0.779. The van der Waals surface area contributed by atoms with Gasteiger partial charge in [-0.25, -0.2) is 28.4 Å². The molecular weight excluding hydrogens is 510 g/mol.